The standard InChI is InChI=1S/C20H25Cl2NO3/c1-3-17(12-24)23-11-14-5-8-19(20(9-14)25-4-2)26-13-15-6-7-16(21)10-18(15)22/h5-10,17,23-24H,3-4,11-13H2,1-2H3/t17-/m0/s1. The van der Waals surface area contributed by atoms with E-state index in [1.165, 1.54) is 0 Å². The molecule has 2 aromatic rings. The Morgan fingerprint density at radius 3 is 2.50 bits per heavy atom. The van der Waals surface area contributed by atoms with Gasteiger partial charge in [0.25, 0.3) is 0 Å². The molecule has 0 aliphatic carbocycles. The molecule has 0 fully saturated rings. The van der Waals surface area contributed by atoms with Gasteiger partial charge in [-0.3, -0.25) is 0 Å². The van der Waals surface area contributed by atoms with Gasteiger partial charge in [-0.25, -0.2) is 0 Å². The van der Waals surface area contributed by atoms with Crippen molar-refractivity contribution in [3.63, 3.8) is 0 Å². The molecule has 0 aromatic heterocycles. The van der Waals surface area contributed by atoms with E-state index < -0.39 is 0 Å². The Bertz CT molecular complexity index is 705. The molecule has 2 aromatic carbocycles. The fraction of sp³-hybridized carbons (Fsp3) is 0.400. The van der Waals surface area contributed by atoms with Crippen molar-refractivity contribution < 1.29 is 14.6 Å². The van der Waals surface area contributed by atoms with Gasteiger partial charge >= 0.3 is 0 Å². The fourth-order valence-electron chi connectivity index (χ4n) is 2.44. The van der Waals surface area contributed by atoms with E-state index >= 15 is 0 Å². The van der Waals surface area contributed by atoms with Crippen molar-refractivity contribution in [1.82, 2.24) is 5.32 Å². The van der Waals surface area contributed by atoms with Crippen molar-refractivity contribution in [2.24, 2.45) is 0 Å². The van der Waals surface area contributed by atoms with E-state index in [1.807, 2.05) is 38.1 Å². The van der Waals surface area contributed by atoms with Crippen LogP contribution in [-0.2, 0) is 13.2 Å². The first kappa shape index (κ1) is 20.8. The van der Waals surface area contributed by atoms with Crippen LogP contribution in [0.3, 0.4) is 0 Å². The van der Waals surface area contributed by atoms with Crippen molar-refractivity contribution >= 4 is 23.2 Å². The minimum Gasteiger partial charge on any atom is -0.490 e. The molecule has 4 nitrogen and oxygen atoms in total. The smallest absolute Gasteiger partial charge is 0.161 e. The lowest BCUT2D eigenvalue weighted by atomic mass is 10.1. The maximum atomic E-state index is 9.28. The normalized spacial score (nSPS) is 12.0. The summed E-state index contributed by atoms with van der Waals surface area (Å²) < 4.78 is 11.6. The van der Waals surface area contributed by atoms with Crippen LogP contribution in [0.5, 0.6) is 11.5 Å². The van der Waals surface area contributed by atoms with Crippen molar-refractivity contribution in [2.45, 2.75) is 39.5 Å². The highest BCUT2D eigenvalue weighted by atomic mass is 35.5. The lowest BCUT2D eigenvalue weighted by Gasteiger charge is -2.16. The maximum Gasteiger partial charge on any atom is 0.161 e. The molecule has 0 saturated heterocycles. The van der Waals surface area contributed by atoms with Gasteiger partial charge in [0, 0.05) is 28.2 Å². The van der Waals surface area contributed by atoms with Crippen LogP contribution >= 0.6 is 23.2 Å². The van der Waals surface area contributed by atoms with E-state index in [0.29, 0.717) is 41.3 Å². The average molecular weight is 398 g/mol. The molecular weight excluding hydrogens is 373 g/mol. The molecule has 6 heteroatoms. The number of nitrogens with one attached hydrogen (secondary N) is 1. The fourth-order valence-corrected chi connectivity index (χ4v) is 2.91. The van der Waals surface area contributed by atoms with Crippen LogP contribution in [0.4, 0.5) is 0 Å². The summed E-state index contributed by atoms with van der Waals surface area (Å²) in [5.74, 6) is 1.35. The molecular formula is C20H25Cl2NO3. The predicted octanol–water partition coefficient (Wildman–Crippen LogP) is 4.83. The van der Waals surface area contributed by atoms with Gasteiger partial charge in [-0.2, -0.15) is 0 Å². The Morgan fingerprint density at radius 1 is 1.04 bits per heavy atom. The Hall–Kier alpha value is -1.46. The Kier molecular flexibility index (Phi) is 8.52. The Morgan fingerprint density at radius 2 is 1.85 bits per heavy atom. The van der Waals surface area contributed by atoms with Crippen LogP contribution in [0, 0.1) is 0 Å². The van der Waals surface area contributed by atoms with Gasteiger partial charge in [-0.1, -0.05) is 42.3 Å². The molecule has 0 radical (unpaired) electrons. The minimum absolute atomic E-state index is 0.0912. The second kappa shape index (κ2) is 10.6. The molecule has 0 bridgehead atoms. The number of ether oxygens (including phenoxy) is 2. The summed E-state index contributed by atoms with van der Waals surface area (Å²) in [6.45, 7) is 5.63. The van der Waals surface area contributed by atoms with Gasteiger partial charge in [0.2, 0.25) is 0 Å². The van der Waals surface area contributed by atoms with E-state index in [9.17, 15) is 5.11 Å². The molecule has 142 valence electrons. The topological polar surface area (TPSA) is 50.7 Å². The molecule has 0 aliphatic rings. The lowest BCUT2D eigenvalue weighted by molar-refractivity contribution is 0.238. The number of hydrogen-bond donors (Lipinski definition) is 2. The second-order valence-corrected chi connectivity index (χ2v) is 6.75. The molecule has 0 heterocycles. The second-order valence-electron chi connectivity index (χ2n) is 5.91. The van der Waals surface area contributed by atoms with Gasteiger partial charge in [-0.15, -0.1) is 0 Å². The zero-order valence-corrected chi connectivity index (χ0v) is 16.6. The third kappa shape index (κ3) is 6.06. The molecule has 2 rings (SSSR count). The Labute approximate surface area is 165 Å². The molecule has 0 spiro atoms. The zero-order chi connectivity index (χ0) is 18.9. The first-order valence-electron chi connectivity index (χ1n) is 8.74. The summed E-state index contributed by atoms with van der Waals surface area (Å²) in [7, 11) is 0. The number of aliphatic hydroxyl groups is 1. The van der Waals surface area contributed by atoms with Crippen LogP contribution < -0.4 is 14.8 Å². The van der Waals surface area contributed by atoms with E-state index in [-0.39, 0.29) is 12.6 Å². The van der Waals surface area contributed by atoms with Gasteiger partial charge in [0.05, 0.1) is 13.2 Å². The van der Waals surface area contributed by atoms with Crippen LogP contribution in [0.1, 0.15) is 31.4 Å². The van der Waals surface area contributed by atoms with Crippen molar-refractivity contribution in [3.8, 4) is 11.5 Å². The van der Waals surface area contributed by atoms with E-state index in [1.54, 1.807) is 12.1 Å². The largest absolute Gasteiger partial charge is 0.490 e. The average Bonchev–Trinajstić information content (AvgIpc) is 2.63. The summed E-state index contributed by atoms with van der Waals surface area (Å²) in [4.78, 5) is 0. The van der Waals surface area contributed by atoms with Crippen LogP contribution in [0.15, 0.2) is 36.4 Å². The maximum absolute atomic E-state index is 9.28. The third-order valence-corrected chi connectivity index (χ3v) is 4.60. The zero-order valence-electron chi connectivity index (χ0n) is 15.1. The van der Waals surface area contributed by atoms with Crippen LogP contribution in [0.2, 0.25) is 10.0 Å². The summed E-state index contributed by atoms with van der Waals surface area (Å²) in [5, 5.41) is 13.8. The molecule has 2 N–H and O–H groups in total. The molecule has 0 aliphatic heterocycles. The van der Waals surface area contributed by atoms with E-state index in [2.05, 4.69) is 5.32 Å². The highest BCUT2D eigenvalue weighted by molar-refractivity contribution is 6.35. The SMILES string of the molecule is CCOc1cc(CN[C@@H](CC)CO)ccc1OCc1ccc(Cl)cc1Cl. The van der Waals surface area contributed by atoms with Crippen molar-refractivity contribution in [1.29, 1.82) is 0 Å². The highest BCUT2D eigenvalue weighted by Crippen LogP contribution is 2.30. The van der Waals surface area contributed by atoms with Crippen LogP contribution in [-0.4, -0.2) is 24.4 Å². The van der Waals surface area contributed by atoms with E-state index in [0.717, 1.165) is 17.5 Å². The van der Waals surface area contributed by atoms with Gasteiger partial charge in [-0.05, 0) is 43.2 Å². The van der Waals surface area contributed by atoms with Gasteiger partial charge in [0.1, 0.15) is 6.61 Å². The molecule has 0 amide bonds. The molecule has 0 unspecified atom stereocenters. The Balaban J connectivity index is 2.07. The molecule has 0 saturated carbocycles. The third-order valence-electron chi connectivity index (χ3n) is 4.01. The molecule has 1 atom stereocenters. The summed E-state index contributed by atoms with van der Waals surface area (Å²) in [6, 6.07) is 11.3. The first-order valence-corrected chi connectivity index (χ1v) is 9.49. The number of halogens is 2. The van der Waals surface area contributed by atoms with Crippen molar-refractivity contribution in [3.05, 3.63) is 57.6 Å². The van der Waals surface area contributed by atoms with Gasteiger partial charge < -0.3 is 19.9 Å². The summed E-state index contributed by atoms with van der Waals surface area (Å²) in [5.41, 5.74) is 1.93. The summed E-state index contributed by atoms with van der Waals surface area (Å²) in [6.07, 6.45) is 0.873. The predicted molar refractivity (Wildman–Crippen MR) is 106 cm³/mol. The van der Waals surface area contributed by atoms with Gasteiger partial charge in [0.15, 0.2) is 11.5 Å². The van der Waals surface area contributed by atoms with Crippen LogP contribution in [0.25, 0.3) is 0 Å². The number of benzene rings is 2. The summed E-state index contributed by atoms with van der Waals surface area (Å²) >= 11 is 12.1. The molecule has 26 heavy (non-hydrogen) atoms. The van der Waals surface area contributed by atoms with Crippen molar-refractivity contribution in [2.75, 3.05) is 13.2 Å². The lowest BCUT2D eigenvalue weighted by Crippen LogP contribution is -2.31. The quantitative estimate of drug-likeness (QED) is 0.602. The number of rotatable bonds is 10. The highest BCUT2D eigenvalue weighted by Gasteiger charge is 2.10. The van der Waals surface area contributed by atoms with E-state index in [4.69, 9.17) is 32.7 Å². The minimum atomic E-state index is 0.0912. The monoisotopic (exact) mass is 397 g/mol. The number of aliphatic hydroxyl groups excluding tert-OH is 1. The first-order chi connectivity index (χ1) is 12.6. The number of hydrogen-bond acceptors (Lipinski definition) is 4.